The molecule has 6 rings (SSSR count). The lowest BCUT2D eigenvalue weighted by Crippen LogP contribution is -2.52. The summed E-state index contributed by atoms with van der Waals surface area (Å²) in [6.45, 7) is 1.57. The molecule has 0 aliphatic carbocycles. The number of rotatable bonds is 12. The second kappa shape index (κ2) is 15.0. The van der Waals surface area contributed by atoms with E-state index in [-0.39, 0.29) is 47.2 Å². The summed E-state index contributed by atoms with van der Waals surface area (Å²) in [6.07, 6.45) is 7.56. The average Bonchev–Trinajstić information content (AvgIpc) is 3.41. The van der Waals surface area contributed by atoms with Crippen molar-refractivity contribution in [1.29, 1.82) is 0 Å². The van der Waals surface area contributed by atoms with Gasteiger partial charge in [-0.3, -0.25) is 29.3 Å². The van der Waals surface area contributed by atoms with Crippen LogP contribution in [-0.2, 0) is 43.6 Å². The quantitative estimate of drug-likeness (QED) is 0.184. The minimum atomic E-state index is -3.35. The maximum Gasteiger partial charge on any atom is 0.269 e. The van der Waals surface area contributed by atoms with Crippen LogP contribution in [0.3, 0.4) is 0 Å². The molecule has 2 atom stereocenters. The molecular weight excluding hydrogens is 675 g/mol. The van der Waals surface area contributed by atoms with E-state index in [0.717, 1.165) is 42.2 Å². The van der Waals surface area contributed by atoms with Crippen LogP contribution >= 0.6 is 0 Å². The van der Waals surface area contributed by atoms with Crippen molar-refractivity contribution in [2.24, 2.45) is 5.73 Å². The third-order valence-electron chi connectivity index (χ3n) is 9.61. The Morgan fingerprint density at radius 2 is 1.80 bits per heavy atom. The maximum atomic E-state index is 13.1. The summed E-state index contributed by atoms with van der Waals surface area (Å²) >= 11 is 0. The molecule has 268 valence electrons. The number of amides is 5. The maximum absolute atomic E-state index is 13.1. The minimum absolute atomic E-state index is 0.0424. The number of nitrogens with one attached hydrogen (secondary N) is 2. The monoisotopic (exact) mass is 715 g/mol. The molecular formula is C36H41N7O7S. The fourth-order valence-corrected chi connectivity index (χ4v) is 7.55. The van der Waals surface area contributed by atoms with Crippen LogP contribution in [-0.4, -0.2) is 84.3 Å². The molecule has 1 aromatic heterocycles. The number of hydrogen-bond donors (Lipinski definition) is 3. The number of hydrogen-bond acceptors (Lipinski definition) is 10. The summed E-state index contributed by atoms with van der Waals surface area (Å²) in [5.74, 6) is -1.13. The summed E-state index contributed by atoms with van der Waals surface area (Å²) in [4.78, 5) is 74.8. The molecule has 15 heteroatoms. The van der Waals surface area contributed by atoms with E-state index in [9.17, 15) is 32.4 Å². The number of carbonyl (C=O) groups excluding carboxylic acids is 5. The van der Waals surface area contributed by atoms with Crippen LogP contribution in [0.5, 0.6) is 0 Å². The van der Waals surface area contributed by atoms with Crippen LogP contribution in [0, 0.1) is 0 Å². The van der Waals surface area contributed by atoms with E-state index in [1.165, 1.54) is 18.3 Å². The highest BCUT2D eigenvalue weighted by molar-refractivity contribution is 7.90. The van der Waals surface area contributed by atoms with Gasteiger partial charge in [0.05, 0.1) is 16.8 Å². The largest absolute Gasteiger partial charge is 0.364 e. The van der Waals surface area contributed by atoms with Crippen LogP contribution in [0.1, 0.15) is 88.2 Å². The molecule has 0 radical (unpaired) electrons. The van der Waals surface area contributed by atoms with Crippen LogP contribution in [0.4, 0.5) is 5.82 Å². The first-order valence-electron chi connectivity index (χ1n) is 17.1. The Bertz CT molecular complexity index is 1980. The first-order valence-corrected chi connectivity index (χ1v) is 19.0. The number of sulfone groups is 1. The summed E-state index contributed by atoms with van der Waals surface area (Å²) < 4.78 is 23.7. The van der Waals surface area contributed by atoms with Crippen molar-refractivity contribution in [2.75, 3.05) is 24.2 Å². The molecule has 0 bridgehead atoms. The van der Waals surface area contributed by atoms with E-state index in [1.807, 2.05) is 23.1 Å². The molecule has 14 nitrogen and oxygen atoms in total. The van der Waals surface area contributed by atoms with E-state index >= 15 is 0 Å². The van der Waals surface area contributed by atoms with Crippen molar-refractivity contribution in [3.05, 3.63) is 82.3 Å². The number of nitrogens with zero attached hydrogens (tertiary/aromatic N) is 4. The number of unbranched alkanes of at least 4 members (excludes halogenated alkanes) is 1. The molecule has 3 aliphatic heterocycles. The van der Waals surface area contributed by atoms with Gasteiger partial charge in [-0.15, -0.1) is 0 Å². The number of aryl methyl sites for hydroxylation is 1. The Balaban J connectivity index is 0.989. The number of benzene rings is 2. The third-order valence-corrected chi connectivity index (χ3v) is 10.7. The molecule has 5 amide bonds. The highest BCUT2D eigenvalue weighted by Crippen LogP contribution is 2.29. The number of piperidine rings is 2. The zero-order chi connectivity index (χ0) is 36.3. The molecule has 2 unspecified atom stereocenters. The number of imide groups is 1. The van der Waals surface area contributed by atoms with E-state index in [2.05, 4.69) is 15.6 Å². The van der Waals surface area contributed by atoms with Crippen LogP contribution in [0.15, 0.2) is 53.6 Å². The van der Waals surface area contributed by atoms with Crippen molar-refractivity contribution in [2.45, 2.75) is 81.3 Å². The Morgan fingerprint density at radius 1 is 1.04 bits per heavy atom. The highest BCUT2D eigenvalue weighted by atomic mass is 32.2. The summed E-state index contributed by atoms with van der Waals surface area (Å²) in [7, 11) is -3.35. The van der Waals surface area contributed by atoms with Crippen LogP contribution in [0.25, 0.3) is 0 Å². The van der Waals surface area contributed by atoms with E-state index in [0.29, 0.717) is 62.4 Å². The molecule has 0 spiro atoms. The lowest BCUT2D eigenvalue weighted by molar-refractivity contribution is -0.137. The van der Waals surface area contributed by atoms with Crippen molar-refractivity contribution in [3.8, 4) is 0 Å². The van der Waals surface area contributed by atoms with Crippen molar-refractivity contribution < 1.29 is 32.4 Å². The molecule has 51 heavy (non-hydrogen) atoms. The molecule has 4 heterocycles. The zero-order valence-corrected chi connectivity index (χ0v) is 29.2. The lowest BCUT2D eigenvalue weighted by Gasteiger charge is -2.34. The van der Waals surface area contributed by atoms with Gasteiger partial charge in [-0.25, -0.2) is 18.4 Å². The summed E-state index contributed by atoms with van der Waals surface area (Å²) in [5, 5.41) is 5.47. The highest BCUT2D eigenvalue weighted by Gasteiger charge is 2.39. The second-order valence-corrected chi connectivity index (χ2v) is 15.4. The molecule has 3 aromatic rings. The van der Waals surface area contributed by atoms with Crippen molar-refractivity contribution >= 4 is 45.2 Å². The number of primary amides is 1. The van der Waals surface area contributed by atoms with Crippen LogP contribution < -0.4 is 21.3 Å². The van der Waals surface area contributed by atoms with Crippen molar-refractivity contribution in [3.63, 3.8) is 0 Å². The summed E-state index contributed by atoms with van der Waals surface area (Å²) in [5.41, 5.74) is 9.21. The molecule has 2 aromatic carbocycles. The second-order valence-electron chi connectivity index (χ2n) is 13.4. The van der Waals surface area contributed by atoms with Gasteiger partial charge in [-0.05, 0) is 73.4 Å². The van der Waals surface area contributed by atoms with Gasteiger partial charge in [0.1, 0.15) is 17.6 Å². The fourth-order valence-electron chi connectivity index (χ4n) is 6.92. The lowest BCUT2D eigenvalue weighted by atomic mass is 10.0. The predicted octanol–water partition coefficient (Wildman–Crippen LogP) is 1.83. The van der Waals surface area contributed by atoms with Gasteiger partial charge in [0, 0.05) is 56.8 Å². The molecule has 3 aliphatic rings. The number of aromatic nitrogens is 2. The first kappa shape index (κ1) is 35.6. The van der Waals surface area contributed by atoms with Gasteiger partial charge in [0.2, 0.25) is 17.7 Å². The average molecular weight is 716 g/mol. The first-order chi connectivity index (χ1) is 24.4. The fraction of sp³-hybridized carbons (Fsp3) is 0.417. The summed E-state index contributed by atoms with van der Waals surface area (Å²) in [6, 6.07) is 11.4. The number of carbonyl (C=O) groups is 5. The smallest absolute Gasteiger partial charge is 0.269 e. The van der Waals surface area contributed by atoms with Gasteiger partial charge < -0.3 is 20.9 Å². The van der Waals surface area contributed by atoms with Crippen molar-refractivity contribution in [1.82, 2.24) is 25.5 Å². The molecule has 4 N–H and O–H groups in total. The number of anilines is 1. The Morgan fingerprint density at radius 3 is 2.53 bits per heavy atom. The van der Waals surface area contributed by atoms with E-state index in [1.54, 1.807) is 17.0 Å². The van der Waals surface area contributed by atoms with Gasteiger partial charge in [-0.2, -0.15) is 0 Å². The zero-order valence-electron chi connectivity index (χ0n) is 28.4. The normalized spacial score (nSPS) is 19.1. The number of fused-ring (bicyclic) bond motifs is 1. The van der Waals surface area contributed by atoms with Gasteiger partial charge >= 0.3 is 0 Å². The van der Waals surface area contributed by atoms with E-state index in [4.69, 9.17) is 10.7 Å². The molecule has 2 saturated heterocycles. The van der Waals surface area contributed by atoms with Gasteiger partial charge in [-0.1, -0.05) is 24.3 Å². The Kier molecular flexibility index (Phi) is 10.5. The predicted molar refractivity (Wildman–Crippen MR) is 186 cm³/mol. The van der Waals surface area contributed by atoms with E-state index < -0.39 is 27.7 Å². The Hall–Kier alpha value is -5.18. The molecule has 2 fully saturated rings. The van der Waals surface area contributed by atoms with Crippen LogP contribution in [0.2, 0.25) is 0 Å². The van der Waals surface area contributed by atoms with Gasteiger partial charge in [0.15, 0.2) is 9.84 Å². The SMILES string of the molecule is CS(=O)(=O)c1ccc(Cc2nc(N3CCCC(NC(=O)CCCCc4ccc5c(c4)C(=O)N(C4CCC(=O)NC4=O)C5)C3)cnc2C(N)=O)cc1. The molecule has 0 saturated carbocycles. The number of nitrogens with two attached hydrogens (primary N) is 1. The minimum Gasteiger partial charge on any atom is -0.364 e. The Labute approximate surface area is 296 Å². The third kappa shape index (κ3) is 8.42. The standard InChI is InChI=1S/C36H41N7O7S/c1-51(49,50)26-12-9-23(10-13-26)18-28-33(34(37)46)38-19-30(40-28)42-16-4-6-25(21-42)39-31(44)7-3-2-5-22-8-11-24-20-43(36(48)27(24)17-22)29-14-15-32(45)41-35(29)47/h8-13,17,19,25,29H,2-7,14-16,18,20-21H2,1H3,(H2,37,46)(H,39,44)(H,41,45,47). The van der Waals surface area contributed by atoms with Gasteiger partial charge in [0.25, 0.3) is 11.8 Å². The topological polar surface area (TPSA) is 202 Å².